The molecule has 0 N–H and O–H groups in total. The van der Waals surface area contributed by atoms with E-state index in [-0.39, 0.29) is 5.92 Å². The van der Waals surface area contributed by atoms with Crippen molar-refractivity contribution in [3.05, 3.63) is 12.2 Å². The molecule has 2 nitrogen and oxygen atoms in total. The maximum atomic E-state index is 9.43. The van der Waals surface area contributed by atoms with Crippen molar-refractivity contribution in [1.82, 2.24) is 0 Å². The Bertz CT molecular complexity index is 454. The summed E-state index contributed by atoms with van der Waals surface area (Å²) in [6.07, 6.45) is 14.3. The molecule has 0 saturated carbocycles. The smallest absolute Gasteiger partial charge is 0.0655 e. The van der Waals surface area contributed by atoms with Gasteiger partial charge in [-0.1, -0.05) is 78.4 Å². The van der Waals surface area contributed by atoms with E-state index in [2.05, 4.69) is 46.4 Å². The fourth-order valence-corrected chi connectivity index (χ4v) is 4.62. The van der Waals surface area contributed by atoms with Gasteiger partial charge in [0.1, 0.15) is 0 Å². The maximum absolute atomic E-state index is 9.43. The summed E-state index contributed by atoms with van der Waals surface area (Å²) in [6.45, 7) is 13.3. The number of nitrogens with zero attached hydrogens (tertiary/aromatic N) is 2. The normalized spacial score (nSPS) is 15.3. The quantitative estimate of drug-likeness (QED) is 0.241. The summed E-state index contributed by atoms with van der Waals surface area (Å²) in [5, 5.41) is 18.5. The summed E-state index contributed by atoms with van der Waals surface area (Å²) in [5.74, 6) is 2.02. The van der Waals surface area contributed by atoms with Crippen LogP contribution in [0.5, 0.6) is 0 Å². The van der Waals surface area contributed by atoms with Crippen LogP contribution in [-0.2, 0) is 0 Å². The molecule has 154 valence electrons. The lowest BCUT2D eigenvalue weighted by Gasteiger charge is -2.25. The molecule has 0 fully saturated rings. The molecule has 4 unspecified atom stereocenters. The van der Waals surface area contributed by atoms with Crippen LogP contribution >= 0.6 is 0 Å². The lowest BCUT2D eigenvalue weighted by Crippen LogP contribution is -2.13. The van der Waals surface area contributed by atoms with E-state index in [0.717, 1.165) is 38.5 Å². The van der Waals surface area contributed by atoms with Crippen molar-refractivity contribution in [3.8, 4) is 12.1 Å². The molecule has 0 heterocycles. The predicted octanol–water partition coefficient (Wildman–Crippen LogP) is 8.21. The Labute approximate surface area is 170 Å². The minimum atomic E-state index is 0.204. The fourth-order valence-electron chi connectivity index (χ4n) is 4.62. The highest BCUT2D eigenvalue weighted by Gasteiger charge is 2.20. The van der Waals surface area contributed by atoms with E-state index in [0.29, 0.717) is 24.2 Å². The van der Waals surface area contributed by atoms with Gasteiger partial charge in [-0.15, -0.1) is 0 Å². The third-order valence-electron chi connectivity index (χ3n) is 5.73. The van der Waals surface area contributed by atoms with Crippen LogP contribution in [0.4, 0.5) is 0 Å². The van der Waals surface area contributed by atoms with Crippen molar-refractivity contribution >= 4 is 0 Å². The molecule has 0 aliphatic carbocycles. The molecule has 0 rings (SSSR count). The molecule has 0 saturated heterocycles. The SMILES string of the molecule is C=C(CC(CCC)CC(C#N)CCC)CC(CCC)CC(CC#N)CCC. The van der Waals surface area contributed by atoms with Crippen LogP contribution in [0, 0.1) is 46.3 Å². The van der Waals surface area contributed by atoms with Crippen LogP contribution in [0.25, 0.3) is 0 Å². The maximum Gasteiger partial charge on any atom is 0.0655 e. The Kier molecular flexibility index (Phi) is 16.1. The Morgan fingerprint density at radius 3 is 1.67 bits per heavy atom. The van der Waals surface area contributed by atoms with Crippen LogP contribution in [0.3, 0.4) is 0 Å². The zero-order valence-corrected chi connectivity index (χ0v) is 18.6. The van der Waals surface area contributed by atoms with Crippen molar-refractivity contribution in [2.24, 2.45) is 23.7 Å². The third-order valence-corrected chi connectivity index (χ3v) is 5.73. The highest BCUT2D eigenvalue weighted by molar-refractivity contribution is 4.99. The average molecular weight is 373 g/mol. The molecule has 0 aliphatic rings. The summed E-state index contributed by atoms with van der Waals surface area (Å²) in [5.41, 5.74) is 1.37. The number of nitriles is 2. The predicted molar refractivity (Wildman–Crippen MR) is 117 cm³/mol. The minimum Gasteiger partial charge on any atom is -0.198 e. The zero-order valence-electron chi connectivity index (χ0n) is 18.6. The molecule has 0 spiro atoms. The van der Waals surface area contributed by atoms with Crippen LogP contribution in [0.15, 0.2) is 12.2 Å². The van der Waals surface area contributed by atoms with Crippen molar-refractivity contribution in [2.75, 3.05) is 0 Å². The molecule has 0 aromatic heterocycles. The lowest BCUT2D eigenvalue weighted by atomic mass is 9.80. The standard InChI is InChI=1S/C25H44N2/c1-6-10-22(14-15-26)18-23(11-7-2)16-21(5)17-24(12-8-3)19-25(20-27)13-9-4/h22-25H,5-14,16-19H2,1-4H3. The number of rotatable bonds is 17. The second-order valence-electron chi connectivity index (χ2n) is 8.57. The molecule has 0 radical (unpaired) electrons. The zero-order chi connectivity index (χ0) is 20.5. The van der Waals surface area contributed by atoms with Gasteiger partial charge in [-0.2, -0.15) is 10.5 Å². The van der Waals surface area contributed by atoms with Gasteiger partial charge in [-0.05, 0) is 56.3 Å². The van der Waals surface area contributed by atoms with Crippen LogP contribution < -0.4 is 0 Å². The van der Waals surface area contributed by atoms with Gasteiger partial charge >= 0.3 is 0 Å². The van der Waals surface area contributed by atoms with Crippen LogP contribution in [0.1, 0.15) is 111 Å². The third kappa shape index (κ3) is 12.7. The van der Waals surface area contributed by atoms with Gasteiger partial charge in [-0.25, -0.2) is 0 Å². The first-order chi connectivity index (χ1) is 13.0. The summed E-state index contributed by atoms with van der Waals surface area (Å²) >= 11 is 0. The molecular formula is C25H44N2. The molecular weight excluding hydrogens is 328 g/mol. The van der Waals surface area contributed by atoms with Gasteiger partial charge < -0.3 is 0 Å². The molecule has 2 heteroatoms. The highest BCUT2D eigenvalue weighted by atomic mass is 14.3. The van der Waals surface area contributed by atoms with Gasteiger partial charge in [0, 0.05) is 12.3 Å². The lowest BCUT2D eigenvalue weighted by molar-refractivity contribution is 0.322. The summed E-state index contributed by atoms with van der Waals surface area (Å²) < 4.78 is 0. The van der Waals surface area contributed by atoms with E-state index in [9.17, 15) is 5.26 Å². The van der Waals surface area contributed by atoms with Gasteiger partial charge in [0.25, 0.3) is 0 Å². The molecule has 0 aliphatic heterocycles. The van der Waals surface area contributed by atoms with Crippen molar-refractivity contribution < 1.29 is 0 Å². The summed E-state index contributed by atoms with van der Waals surface area (Å²) in [4.78, 5) is 0. The first kappa shape index (κ1) is 25.7. The molecule has 4 atom stereocenters. The van der Waals surface area contributed by atoms with E-state index < -0.39 is 0 Å². The summed E-state index contributed by atoms with van der Waals surface area (Å²) in [6, 6.07) is 4.91. The van der Waals surface area contributed by atoms with Crippen molar-refractivity contribution in [2.45, 2.75) is 111 Å². The monoisotopic (exact) mass is 372 g/mol. The van der Waals surface area contributed by atoms with Gasteiger partial charge in [0.15, 0.2) is 0 Å². The Morgan fingerprint density at radius 1 is 0.741 bits per heavy atom. The van der Waals surface area contributed by atoms with E-state index in [1.165, 1.54) is 44.1 Å². The number of allylic oxidation sites excluding steroid dienone is 1. The van der Waals surface area contributed by atoms with Crippen LogP contribution in [0.2, 0.25) is 0 Å². The molecule has 0 amide bonds. The topological polar surface area (TPSA) is 47.6 Å². The number of hydrogen-bond donors (Lipinski definition) is 0. The van der Waals surface area contributed by atoms with Crippen molar-refractivity contribution in [3.63, 3.8) is 0 Å². The number of hydrogen-bond acceptors (Lipinski definition) is 2. The van der Waals surface area contributed by atoms with E-state index in [1.54, 1.807) is 0 Å². The van der Waals surface area contributed by atoms with Gasteiger partial charge in [0.05, 0.1) is 12.1 Å². The average Bonchev–Trinajstić information content (AvgIpc) is 2.62. The Balaban J connectivity index is 4.78. The molecule has 0 bridgehead atoms. The Morgan fingerprint density at radius 2 is 1.22 bits per heavy atom. The molecule has 0 aromatic carbocycles. The first-order valence-electron chi connectivity index (χ1n) is 11.5. The van der Waals surface area contributed by atoms with E-state index >= 15 is 0 Å². The largest absolute Gasteiger partial charge is 0.198 e. The molecule has 0 aromatic rings. The van der Waals surface area contributed by atoms with Gasteiger partial charge in [0.2, 0.25) is 0 Å². The molecule has 27 heavy (non-hydrogen) atoms. The summed E-state index contributed by atoms with van der Waals surface area (Å²) in [7, 11) is 0. The van der Waals surface area contributed by atoms with E-state index in [1.807, 2.05) is 0 Å². The first-order valence-corrected chi connectivity index (χ1v) is 11.5. The van der Waals surface area contributed by atoms with Gasteiger partial charge in [-0.3, -0.25) is 0 Å². The highest BCUT2D eigenvalue weighted by Crippen LogP contribution is 2.32. The van der Waals surface area contributed by atoms with Crippen LogP contribution in [-0.4, -0.2) is 0 Å². The van der Waals surface area contributed by atoms with Crippen molar-refractivity contribution in [1.29, 1.82) is 10.5 Å². The minimum absolute atomic E-state index is 0.204. The fraction of sp³-hybridized carbons (Fsp3) is 0.840. The van der Waals surface area contributed by atoms with E-state index in [4.69, 9.17) is 5.26 Å². The Hall–Kier alpha value is -1.28. The second-order valence-corrected chi connectivity index (χ2v) is 8.57. The second kappa shape index (κ2) is 16.9.